The zero-order chi connectivity index (χ0) is 7.28. The first-order valence-electron chi connectivity index (χ1n) is 3.38. The quantitative estimate of drug-likeness (QED) is 0.617. The Labute approximate surface area is 57.3 Å². The van der Waals surface area contributed by atoms with Gasteiger partial charge in [-0.1, -0.05) is 6.92 Å². The molecule has 0 fully saturated rings. The molecule has 0 heterocycles. The molecular formula is C7H16N2. The third-order valence-electron chi connectivity index (χ3n) is 1.52. The van der Waals surface area contributed by atoms with Gasteiger partial charge in [0.2, 0.25) is 0 Å². The van der Waals surface area contributed by atoms with E-state index in [9.17, 15) is 0 Å². The Hall–Kier alpha value is -0.660. The Kier molecular flexibility index (Phi) is 3.93. The summed E-state index contributed by atoms with van der Waals surface area (Å²) >= 11 is 0. The van der Waals surface area contributed by atoms with Crippen LogP contribution in [0.1, 0.15) is 20.3 Å². The predicted molar refractivity (Wildman–Crippen MR) is 40.9 cm³/mol. The molecule has 2 N–H and O–H groups in total. The van der Waals surface area contributed by atoms with Crippen molar-refractivity contribution < 1.29 is 0 Å². The lowest BCUT2D eigenvalue weighted by molar-refractivity contribution is 0.427. The molecule has 0 rings (SSSR count). The second-order valence-corrected chi connectivity index (χ2v) is 2.03. The van der Waals surface area contributed by atoms with Gasteiger partial charge in [-0.25, -0.2) is 0 Å². The van der Waals surface area contributed by atoms with E-state index < -0.39 is 0 Å². The summed E-state index contributed by atoms with van der Waals surface area (Å²) in [5, 5.41) is 0. The molecule has 0 spiro atoms. The average molecular weight is 128 g/mol. The van der Waals surface area contributed by atoms with Crippen LogP contribution in [0, 0.1) is 0 Å². The number of nitrogens with zero attached hydrogens (tertiary/aromatic N) is 1. The summed E-state index contributed by atoms with van der Waals surface area (Å²) in [6.07, 6.45) is 2.68. The monoisotopic (exact) mass is 128 g/mol. The third-order valence-corrected chi connectivity index (χ3v) is 1.52. The average Bonchev–Trinajstić information content (AvgIpc) is 1.90. The molecule has 0 aromatic rings. The molecular weight excluding hydrogens is 112 g/mol. The SMILES string of the molecule is CC/C(=C/N)N(C)CC. The van der Waals surface area contributed by atoms with E-state index in [4.69, 9.17) is 5.73 Å². The fraction of sp³-hybridized carbons (Fsp3) is 0.714. The zero-order valence-electron chi connectivity index (χ0n) is 6.52. The molecule has 0 saturated carbocycles. The van der Waals surface area contributed by atoms with Crippen molar-refractivity contribution in [3.05, 3.63) is 11.9 Å². The summed E-state index contributed by atoms with van der Waals surface area (Å²) in [6.45, 7) is 5.24. The van der Waals surface area contributed by atoms with Crippen molar-refractivity contribution in [2.75, 3.05) is 13.6 Å². The molecule has 2 nitrogen and oxygen atoms in total. The van der Waals surface area contributed by atoms with Crippen LogP contribution < -0.4 is 5.73 Å². The van der Waals surface area contributed by atoms with Crippen LogP contribution in [0.15, 0.2) is 11.9 Å². The maximum atomic E-state index is 5.36. The topological polar surface area (TPSA) is 29.3 Å². The Bertz CT molecular complexity index is 97.1. The second kappa shape index (κ2) is 4.24. The van der Waals surface area contributed by atoms with Crippen molar-refractivity contribution in [2.24, 2.45) is 5.73 Å². The van der Waals surface area contributed by atoms with E-state index in [1.807, 2.05) is 7.05 Å². The Morgan fingerprint density at radius 3 is 2.22 bits per heavy atom. The minimum Gasteiger partial charge on any atom is -0.403 e. The summed E-state index contributed by atoms with van der Waals surface area (Å²) in [7, 11) is 2.04. The molecule has 0 aromatic heterocycles. The first kappa shape index (κ1) is 8.34. The van der Waals surface area contributed by atoms with Crippen LogP contribution in [-0.2, 0) is 0 Å². The smallest absolute Gasteiger partial charge is 0.0284 e. The normalized spacial score (nSPS) is 11.7. The fourth-order valence-electron chi connectivity index (χ4n) is 0.718. The minimum absolute atomic E-state index is 1.01. The van der Waals surface area contributed by atoms with E-state index in [1.54, 1.807) is 6.20 Å². The largest absolute Gasteiger partial charge is 0.403 e. The van der Waals surface area contributed by atoms with Crippen molar-refractivity contribution in [1.82, 2.24) is 4.90 Å². The summed E-state index contributed by atoms with van der Waals surface area (Å²) in [5.41, 5.74) is 6.56. The summed E-state index contributed by atoms with van der Waals surface area (Å²) < 4.78 is 0. The Balaban J connectivity index is 3.80. The van der Waals surface area contributed by atoms with Gasteiger partial charge in [0.15, 0.2) is 0 Å². The van der Waals surface area contributed by atoms with Crippen LogP contribution in [0.5, 0.6) is 0 Å². The Morgan fingerprint density at radius 1 is 1.56 bits per heavy atom. The third kappa shape index (κ3) is 2.40. The standard InChI is InChI=1S/C7H16N2/c1-4-7(6-8)9(3)5-2/h6H,4-5,8H2,1-3H3/b7-6-. The molecule has 0 amide bonds. The van der Waals surface area contributed by atoms with Gasteiger partial charge >= 0.3 is 0 Å². The number of allylic oxidation sites excluding steroid dienone is 1. The van der Waals surface area contributed by atoms with Crippen molar-refractivity contribution in [1.29, 1.82) is 0 Å². The lowest BCUT2D eigenvalue weighted by Gasteiger charge is -2.18. The molecule has 0 atom stereocenters. The van der Waals surface area contributed by atoms with Gasteiger partial charge in [0.25, 0.3) is 0 Å². The van der Waals surface area contributed by atoms with E-state index in [0.29, 0.717) is 0 Å². The highest BCUT2D eigenvalue weighted by Crippen LogP contribution is 2.02. The molecule has 0 bridgehead atoms. The summed E-state index contributed by atoms with van der Waals surface area (Å²) in [6, 6.07) is 0. The molecule has 0 unspecified atom stereocenters. The molecule has 54 valence electrons. The molecule has 0 saturated heterocycles. The number of nitrogens with two attached hydrogens (primary N) is 1. The predicted octanol–water partition coefficient (Wildman–Crippen LogP) is 1.15. The Morgan fingerprint density at radius 2 is 2.11 bits per heavy atom. The van der Waals surface area contributed by atoms with E-state index in [1.165, 1.54) is 5.70 Å². The van der Waals surface area contributed by atoms with E-state index in [2.05, 4.69) is 18.7 Å². The molecule has 0 aromatic carbocycles. The van der Waals surface area contributed by atoms with Gasteiger partial charge in [0.05, 0.1) is 0 Å². The summed E-state index contributed by atoms with van der Waals surface area (Å²) in [5.74, 6) is 0. The van der Waals surface area contributed by atoms with Gasteiger partial charge in [-0.2, -0.15) is 0 Å². The van der Waals surface area contributed by atoms with Crippen LogP contribution in [-0.4, -0.2) is 18.5 Å². The molecule has 0 radical (unpaired) electrons. The van der Waals surface area contributed by atoms with Crippen LogP contribution in [0.3, 0.4) is 0 Å². The molecule has 9 heavy (non-hydrogen) atoms. The van der Waals surface area contributed by atoms with Gasteiger partial charge in [0, 0.05) is 25.5 Å². The lowest BCUT2D eigenvalue weighted by atomic mass is 10.3. The van der Waals surface area contributed by atoms with Crippen molar-refractivity contribution in [3.8, 4) is 0 Å². The zero-order valence-corrected chi connectivity index (χ0v) is 6.52. The highest BCUT2D eigenvalue weighted by atomic mass is 15.1. The maximum Gasteiger partial charge on any atom is 0.0284 e. The van der Waals surface area contributed by atoms with Crippen molar-refractivity contribution in [3.63, 3.8) is 0 Å². The van der Waals surface area contributed by atoms with Crippen LogP contribution >= 0.6 is 0 Å². The van der Waals surface area contributed by atoms with Gasteiger partial charge in [-0.05, 0) is 13.3 Å². The molecule has 0 aliphatic carbocycles. The lowest BCUT2D eigenvalue weighted by Crippen LogP contribution is -2.17. The van der Waals surface area contributed by atoms with E-state index >= 15 is 0 Å². The molecule has 0 aliphatic heterocycles. The number of rotatable bonds is 3. The van der Waals surface area contributed by atoms with Crippen LogP contribution in [0.4, 0.5) is 0 Å². The van der Waals surface area contributed by atoms with E-state index in [-0.39, 0.29) is 0 Å². The highest BCUT2D eigenvalue weighted by molar-refractivity contribution is 4.95. The van der Waals surface area contributed by atoms with Crippen molar-refractivity contribution >= 4 is 0 Å². The van der Waals surface area contributed by atoms with Crippen molar-refractivity contribution in [2.45, 2.75) is 20.3 Å². The number of hydrogen-bond acceptors (Lipinski definition) is 2. The first-order valence-corrected chi connectivity index (χ1v) is 3.38. The van der Waals surface area contributed by atoms with Crippen LogP contribution in [0.25, 0.3) is 0 Å². The van der Waals surface area contributed by atoms with Gasteiger partial charge in [-0.15, -0.1) is 0 Å². The van der Waals surface area contributed by atoms with Gasteiger partial charge in [0.1, 0.15) is 0 Å². The maximum absolute atomic E-state index is 5.36. The van der Waals surface area contributed by atoms with E-state index in [0.717, 1.165) is 13.0 Å². The summed E-state index contributed by atoms with van der Waals surface area (Å²) in [4.78, 5) is 2.14. The minimum atomic E-state index is 1.01. The highest BCUT2D eigenvalue weighted by Gasteiger charge is 1.95. The number of hydrogen-bond donors (Lipinski definition) is 1. The molecule has 2 heteroatoms. The van der Waals surface area contributed by atoms with Crippen LogP contribution in [0.2, 0.25) is 0 Å². The first-order chi connectivity index (χ1) is 4.26. The van der Waals surface area contributed by atoms with Gasteiger partial charge in [-0.3, -0.25) is 0 Å². The second-order valence-electron chi connectivity index (χ2n) is 2.03. The fourth-order valence-corrected chi connectivity index (χ4v) is 0.718. The van der Waals surface area contributed by atoms with Gasteiger partial charge < -0.3 is 10.6 Å². The molecule has 0 aliphatic rings.